The van der Waals surface area contributed by atoms with Crippen LogP contribution in [0.2, 0.25) is 0 Å². The molecule has 3 rings (SSSR count). The fraction of sp³-hybridized carbons (Fsp3) is 0.769. The quantitative estimate of drug-likeness (QED) is 0.817. The van der Waals surface area contributed by atoms with Crippen molar-refractivity contribution >= 4 is 0 Å². The van der Waals surface area contributed by atoms with E-state index < -0.39 is 0 Å². The molecule has 0 aromatic carbocycles. The second-order valence-electron chi connectivity index (χ2n) is 5.72. The van der Waals surface area contributed by atoms with Gasteiger partial charge in [0.25, 0.3) is 0 Å². The van der Waals surface area contributed by atoms with Crippen LogP contribution in [0.15, 0.2) is 6.20 Å². The van der Waals surface area contributed by atoms with Crippen molar-refractivity contribution in [3.63, 3.8) is 0 Å². The van der Waals surface area contributed by atoms with Crippen molar-refractivity contribution in [3.05, 3.63) is 17.7 Å². The van der Waals surface area contributed by atoms with Crippen molar-refractivity contribution < 1.29 is 0 Å². The number of aryl methyl sites for hydroxylation is 1. The second-order valence-corrected chi connectivity index (χ2v) is 5.72. The molecule has 0 radical (unpaired) electrons. The Morgan fingerprint density at radius 2 is 2.29 bits per heavy atom. The normalized spacial score (nSPS) is 29.5. The molecular weight excluding hydrogens is 212 g/mol. The van der Waals surface area contributed by atoms with E-state index >= 15 is 0 Å². The first-order valence-corrected chi connectivity index (χ1v) is 6.70. The first-order valence-electron chi connectivity index (χ1n) is 6.70. The summed E-state index contributed by atoms with van der Waals surface area (Å²) in [6.45, 7) is 3.41. The molecule has 2 atom stereocenters. The molecule has 17 heavy (non-hydrogen) atoms. The van der Waals surface area contributed by atoms with Gasteiger partial charge >= 0.3 is 0 Å². The molecule has 0 bridgehead atoms. The molecule has 2 N–H and O–H groups in total. The zero-order valence-electron chi connectivity index (χ0n) is 10.6. The van der Waals surface area contributed by atoms with Crippen LogP contribution in [0.25, 0.3) is 0 Å². The number of nitrogens with zero attached hydrogens (tertiary/aromatic N) is 3. The Balaban J connectivity index is 1.68. The van der Waals surface area contributed by atoms with E-state index in [4.69, 9.17) is 10.7 Å². The lowest BCUT2D eigenvalue weighted by Crippen LogP contribution is -2.31. The van der Waals surface area contributed by atoms with Crippen LogP contribution in [0.5, 0.6) is 0 Å². The average molecular weight is 234 g/mol. The van der Waals surface area contributed by atoms with Crippen LogP contribution in [0.3, 0.4) is 0 Å². The van der Waals surface area contributed by atoms with Crippen molar-refractivity contribution in [3.8, 4) is 0 Å². The fourth-order valence-corrected chi connectivity index (χ4v) is 3.12. The van der Waals surface area contributed by atoms with E-state index in [1.807, 2.05) is 0 Å². The van der Waals surface area contributed by atoms with Crippen molar-refractivity contribution in [1.29, 1.82) is 0 Å². The van der Waals surface area contributed by atoms with Gasteiger partial charge in [-0.1, -0.05) is 0 Å². The summed E-state index contributed by atoms with van der Waals surface area (Å²) < 4.78 is 2.27. The van der Waals surface area contributed by atoms with E-state index in [0.29, 0.717) is 6.04 Å². The van der Waals surface area contributed by atoms with Crippen molar-refractivity contribution in [2.45, 2.75) is 38.3 Å². The minimum atomic E-state index is 0.321. The van der Waals surface area contributed by atoms with E-state index in [1.165, 1.54) is 31.0 Å². The molecule has 4 heteroatoms. The van der Waals surface area contributed by atoms with E-state index in [1.54, 1.807) is 0 Å². The number of nitrogens with two attached hydrogens (primary N) is 1. The molecular formula is C13H22N4. The maximum atomic E-state index is 5.99. The monoisotopic (exact) mass is 234 g/mol. The summed E-state index contributed by atoms with van der Waals surface area (Å²) in [6.07, 6.45) is 6.82. The minimum Gasteiger partial charge on any atom is -0.333 e. The summed E-state index contributed by atoms with van der Waals surface area (Å²) in [5, 5.41) is 0. The van der Waals surface area contributed by atoms with Crippen LogP contribution in [0, 0.1) is 5.92 Å². The maximum absolute atomic E-state index is 5.99. The van der Waals surface area contributed by atoms with Crippen LogP contribution in [-0.2, 0) is 19.4 Å². The van der Waals surface area contributed by atoms with E-state index in [0.717, 1.165) is 31.7 Å². The molecule has 0 amide bonds. The van der Waals surface area contributed by atoms with Crippen molar-refractivity contribution in [2.24, 2.45) is 11.7 Å². The van der Waals surface area contributed by atoms with Crippen molar-refractivity contribution in [1.82, 2.24) is 14.5 Å². The van der Waals surface area contributed by atoms with Crippen LogP contribution in [0.4, 0.5) is 0 Å². The summed E-state index contributed by atoms with van der Waals surface area (Å²) >= 11 is 0. The number of hydrogen-bond acceptors (Lipinski definition) is 3. The number of aromatic nitrogens is 2. The van der Waals surface area contributed by atoms with E-state index in [2.05, 4.69) is 22.7 Å². The molecule has 4 nitrogen and oxygen atoms in total. The highest BCUT2D eigenvalue weighted by Crippen LogP contribution is 2.21. The lowest BCUT2D eigenvalue weighted by Gasteiger charge is -2.19. The molecule has 94 valence electrons. The number of likely N-dealkylation sites (tertiary alicyclic amines) is 1. The SMILES string of the molecule is CN1CCC(Cc2cn3c(n2)CCC(N)C3)C1. The Morgan fingerprint density at radius 1 is 1.41 bits per heavy atom. The number of fused-ring (bicyclic) bond motifs is 1. The van der Waals surface area contributed by atoms with Crippen LogP contribution < -0.4 is 5.73 Å². The molecule has 1 fully saturated rings. The molecule has 2 unspecified atom stereocenters. The lowest BCUT2D eigenvalue weighted by molar-refractivity contribution is 0.393. The van der Waals surface area contributed by atoms with E-state index in [-0.39, 0.29) is 0 Å². The van der Waals surface area contributed by atoms with E-state index in [9.17, 15) is 0 Å². The van der Waals surface area contributed by atoms with Gasteiger partial charge in [-0.3, -0.25) is 0 Å². The van der Waals surface area contributed by atoms with Crippen LogP contribution in [-0.4, -0.2) is 40.6 Å². The van der Waals surface area contributed by atoms with Gasteiger partial charge in [0.05, 0.1) is 5.69 Å². The van der Waals surface area contributed by atoms with Gasteiger partial charge in [-0.25, -0.2) is 4.98 Å². The largest absolute Gasteiger partial charge is 0.333 e. The molecule has 3 heterocycles. The Hall–Kier alpha value is -0.870. The first-order chi connectivity index (χ1) is 8.20. The standard InChI is InChI=1S/C13H22N4/c1-16-5-4-10(7-16)6-12-9-17-8-11(14)2-3-13(17)15-12/h9-11H,2-8,14H2,1H3. The Morgan fingerprint density at radius 3 is 3.06 bits per heavy atom. The van der Waals surface area contributed by atoms with Gasteiger partial charge in [-0.05, 0) is 38.8 Å². The Labute approximate surface area is 103 Å². The van der Waals surface area contributed by atoms with Gasteiger partial charge in [0.15, 0.2) is 0 Å². The molecule has 2 aliphatic heterocycles. The third kappa shape index (κ3) is 2.38. The number of rotatable bonds is 2. The highest BCUT2D eigenvalue weighted by atomic mass is 15.1. The Kier molecular flexibility index (Phi) is 2.92. The van der Waals surface area contributed by atoms with Gasteiger partial charge < -0.3 is 15.2 Å². The minimum absolute atomic E-state index is 0.321. The zero-order chi connectivity index (χ0) is 11.8. The maximum Gasteiger partial charge on any atom is 0.109 e. The summed E-state index contributed by atoms with van der Waals surface area (Å²) in [5.41, 5.74) is 7.26. The Bertz CT molecular complexity index is 398. The molecule has 1 aromatic heterocycles. The molecule has 0 aliphatic carbocycles. The summed E-state index contributed by atoms with van der Waals surface area (Å²) in [6, 6.07) is 0.321. The van der Waals surface area contributed by atoms with Gasteiger partial charge in [0.1, 0.15) is 5.82 Å². The highest BCUT2D eigenvalue weighted by molar-refractivity contribution is 5.08. The predicted octanol–water partition coefficient (Wildman–Crippen LogP) is 0.651. The third-order valence-electron chi connectivity index (χ3n) is 4.07. The van der Waals surface area contributed by atoms with Crippen LogP contribution in [0.1, 0.15) is 24.4 Å². The zero-order valence-corrected chi connectivity index (χ0v) is 10.6. The van der Waals surface area contributed by atoms with Crippen molar-refractivity contribution in [2.75, 3.05) is 20.1 Å². The number of hydrogen-bond donors (Lipinski definition) is 1. The van der Waals surface area contributed by atoms with Crippen LogP contribution >= 0.6 is 0 Å². The molecule has 0 spiro atoms. The molecule has 1 saturated heterocycles. The van der Waals surface area contributed by atoms with Gasteiger partial charge in [0, 0.05) is 31.7 Å². The third-order valence-corrected chi connectivity index (χ3v) is 4.07. The molecule has 0 saturated carbocycles. The highest BCUT2D eigenvalue weighted by Gasteiger charge is 2.22. The second kappa shape index (κ2) is 4.42. The predicted molar refractivity (Wildman–Crippen MR) is 67.8 cm³/mol. The van der Waals surface area contributed by atoms with Gasteiger partial charge in [0.2, 0.25) is 0 Å². The van der Waals surface area contributed by atoms with Gasteiger partial charge in [-0.2, -0.15) is 0 Å². The molecule has 1 aromatic rings. The first kappa shape index (κ1) is 11.2. The smallest absolute Gasteiger partial charge is 0.109 e. The summed E-state index contributed by atoms with van der Waals surface area (Å²) in [7, 11) is 2.21. The van der Waals surface area contributed by atoms with Gasteiger partial charge in [-0.15, -0.1) is 0 Å². The lowest BCUT2D eigenvalue weighted by atomic mass is 10.0. The molecule has 2 aliphatic rings. The summed E-state index contributed by atoms with van der Waals surface area (Å²) in [4.78, 5) is 7.18. The summed E-state index contributed by atoms with van der Waals surface area (Å²) in [5.74, 6) is 2.04. The topological polar surface area (TPSA) is 47.1 Å². The number of imidazole rings is 1. The average Bonchev–Trinajstić information content (AvgIpc) is 2.84. The fourth-order valence-electron chi connectivity index (χ4n) is 3.12.